The first-order chi connectivity index (χ1) is 11.5. The van der Waals surface area contributed by atoms with E-state index in [-0.39, 0.29) is 5.91 Å². The first-order valence-corrected chi connectivity index (χ1v) is 8.61. The zero-order valence-electron chi connectivity index (χ0n) is 14.6. The molecule has 128 valence electrons. The Labute approximate surface area is 143 Å². The largest absolute Gasteiger partial charge is 0.463 e. The first-order valence-electron chi connectivity index (χ1n) is 8.61. The summed E-state index contributed by atoms with van der Waals surface area (Å²) in [6, 6.07) is 9.88. The number of nitrogens with zero attached hydrogens (tertiary/aromatic N) is 3. The van der Waals surface area contributed by atoms with Crippen LogP contribution in [0.1, 0.15) is 32.3 Å². The van der Waals surface area contributed by atoms with Gasteiger partial charge in [0, 0.05) is 24.8 Å². The number of piperidine rings is 1. The van der Waals surface area contributed by atoms with Crippen LogP contribution in [0, 0.1) is 12.8 Å². The van der Waals surface area contributed by atoms with Crippen LogP contribution in [-0.4, -0.2) is 39.8 Å². The number of aromatic nitrogens is 2. The molecule has 3 rings (SSSR count). The first kappa shape index (κ1) is 16.6. The summed E-state index contributed by atoms with van der Waals surface area (Å²) in [7, 11) is 0. The number of benzene rings is 1. The number of carbonyl (C=O) groups is 1. The normalized spacial score (nSPS) is 19.1. The molecule has 0 saturated carbocycles. The van der Waals surface area contributed by atoms with Crippen LogP contribution in [-0.2, 0) is 4.79 Å². The van der Waals surface area contributed by atoms with Gasteiger partial charge >= 0.3 is 0 Å². The number of amides is 1. The molecule has 0 aliphatic carbocycles. The molecule has 1 aromatic heterocycles. The van der Waals surface area contributed by atoms with Gasteiger partial charge in [-0.1, -0.05) is 25.1 Å². The quantitative estimate of drug-likeness (QED) is 0.866. The highest BCUT2D eigenvalue weighted by molar-refractivity contribution is 5.81. The molecular weight excluding hydrogens is 302 g/mol. The van der Waals surface area contributed by atoms with Gasteiger partial charge in [-0.05, 0) is 44.7 Å². The fourth-order valence-electron chi connectivity index (χ4n) is 3.14. The third kappa shape index (κ3) is 3.61. The van der Waals surface area contributed by atoms with E-state index in [1.54, 1.807) is 4.68 Å². The molecule has 1 aliphatic heterocycles. The molecule has 0 unspecified atom stereocenters. The van der Waals surface area contributed by atoms with Gasteiger partial charge in [0.1, 0.15) is 0 Å². The van der Waals surface area contributed by atoms with Crippen LogP contribution >= 0.6 is 0 Å². The summed E-state index contributed by atoms with van der Waals surface area (Å²) in [5.74, 6) is 1.13. The number of aryl methyl sites for hydroxylation is 1. The van der Waals surface area contributed by atoms with E-state index in [0.29, 0.717) is 11.8 Å². The van der Waals surface area contributed by atoms with Gasteiger partial charge in [-0.15, -0.1) is 5.10 Å². The molecule has 1 aliphatic rings. The van der Waals surface area contributed by atoms with E-state index >= 15 is 0 Å². The maximum atomic E-state index is 12.6. The molecule has 2 heterocycles. The molecule has 0 bridgehead atoms. The molecule has 24 heavy (non-hydrogen) atoms. The average Bonchev–Trinajstić information content (AvgIpc) is 2.95. The monoisotopic (exact) mass is 327 g/mol. The fraction of sp³-hybridized carbons (Fsp3) is 0.474. The average molecular weight is 327 g/mol. The molecule has 5 nitrogen and oxygen atoms in total. The Morgan fingerprint density at radius 1 is 1.33 bits per heavy atom. The van der Waals surface area contributed by atoms with E-state index in [2.05, 4.69) is 12.0 Å². The van der Waals surface area contributed by atoms with Gasteiger partial charge in [0.25, 0.3) is 5.91 Å². The zero-order valence-corrected chi connectivity index (χ0v) is 14.6. The van der Waals surface area contributed by atoms with Crippen molar-refractivity contribution in [1.29, 1.82) is 0 Å². The molecular formula is C19H25N3O2. The lowest BCUT2D eigenvalue weighted by Crippen LogP contribution is -2.45. The highest BCUT2D eigenvalue weighted by Crippen LogP contribution is 2.21. The van der Waals surface area contributed by atoms with Crippen LogP contribution in [0.2, 0.25) is 0 Å². The number of para-hydroxylation sites is 1. The molecule has 1 saturated heterocycles. The SMILES string of the molecule is Cc1cn(-c2ccccc2)nc1O[C@H](C)C(=O)N1CCC[C@H](C)C1. The van der Waals surface area contributed by atoms with E-state index in [0.717, 1.165) is 30.8 Å². The lowest BCUT2D eigenvalue weighted by Gasteiger charge is -2.32. The van der Waals surface area contributed by atoms with Crippen molar-refractivity contribution in [3.63, 3.8) is 0 Å². The minimum Gasteiger partial charge on any atom is -0.463 e. The van der Waals surface area contributed by atoms with Crippen molar-refractivity contribution in [3.8, 4) is 11.6 Å². The Hall–Kier alpha value is -2.30. The molecule has 1 fully saturated rings. The molecule has 2 atom stereocenters. The topological polar surface area (TPSA) is 47.4 Å². The Balaban J connectivity index is 1.69. The van der Waals surface area contributed by atoms with Gasteiger partial charge in [0.2, 0.25) is 5.88 Å². The summed E-state index contributed by atoms with van der Waals surface area (Å²) in [5.41, 5.74) is 1.89. The fourth-order valence-corrected chi connectivity index (χ4v) is 3.14. The van der Waals surface area contributed by atoms with Crippen molar-refractivity contribution in [2.75, 3.05) is 13.1 Å². The van der Waals surface area contributed by atoms with Crippen molar-refractivity contribution in [1.82, 2.24) is 14.7 Å². The van der Waals surface area contributed by atoms with Gasteiger partial charge in [0.15, 0.2) is 6.10 Å². The Kier molecular flexibility index (Phi) is 4.88. The Morgan fingerprint density at radius 3 is 2.79 bits per heavy atom. The minimum absolute atomic E-state index is 0.0511. The second-order valence-corrected chi connectivity index (χ2v) is 6.69. The number of ether oxygens (including phenoxy) is 1. The van der Waals surface area contributed by atoms with Crippen LogP contribution in [0.15, 0.2) is 36.5 Å². The Morgan fingerprint density at radius 2 is 2.08 bits per heavy atom. The van der Waals surface area contributed by atoms with Crippen molar-refractivity contribution >= 4 is 5.91 Å². The summed E-state index contributed by atoms with van der Waals surface area (Å²) < 4.78 is 7.66. The predicted molar refractivity (Wildman–Crippen MR) is 93.4 cm³/mol. The number of hydrogen-bond donors (Lipinski definition) is 0. The lowest BCUT2D eigenvalue weighted by atomic mass is 10.00. The van der Waals surface area contributed by atoms with Crippen molar-refractivity contribution < 1.29 is 9.53 Å². The summed E-state index contributed by atoms with van der Waals surface area (Å²) in [4.78, 5) is 14.5. The molecule has 0 spiro atoms. The molecule has 0 N–H and O–H groups in total. The van der Waals surface area contributed by atoms with Crippen LogP contribution in [0.4, 0.5) is 0 Å². The highest BCUT2D eigenvalue weighted by Gasteiger charge is 2.27. The summed E-state index contributed by atoms with van der Waals surface area (Å²) in [6.07, 6.45) is 3.67. The van der Waals surface area contributed by atoms with Crippen LogP contribution in [0.3, 0.4) is 0 Å². The Bertz CT molecular complexity index is 696. The van der Waals surface area contributed by atoms with Crippen molar-refractivity contribution in [2.24, 2.45) is 5.92 Å². The number of likely N-dealkylation sites (tertiary alicyclic amines) is 1. The summed E-state index contributed by atoms with van der Waals surface area (Å²) in [6.45, 7) is 7.60. The van der Waals surface area contributed by atoms with E-state index in [1.165, 1.54) is 6.42 Å². The maximum Gasteiger partial charge on any atom is 0.263 e. The van der Waals surface area contributed by atoms with Gasteiger partial charge in [-0.2, -0.15) is 0 Å². The van der Waals surface area contributed by atoms with E-state index in [4.69, 9.17) is 4.74 Å². The molecule has 2 aromatic rings. The van der Waals surface area contributed by atoms with Crippen LogP contribution in [0.25, 0.3) is 5.69 Å². The van der Waals surface area contributed by atoms with Gasteiger partial charge in [0.05, 0.1) is 5.69 Å². The summed E-state index contributed by atoms with van der Waals surface area (Å²) >= 11 is 0. The number of rotatable bonds is 4. The molecule has 0 radical (unpaired) electrons. The van der Waals surface area contributed by atoms with E-state index in [9.17, 15) is 4.79 Å². The summed E-state index contributed by atoms with van der Waals surface area (Å²) in [5, 5.41) is 4.49. The third-order valence-corrected chi connectivity index (χ3v) is 4.48. The van der Waals surface area contributed by atoms with Crippen LogP contribution < -0.4 is 4.74 Å². The second kappa shape index (κ2) is 7.07. The lowest BCUT2D eigenvalue weighted by molar-refractivity contribution is -0.139. The van der Waals surface area contributed by atoms with E-state index in [1.807, 2.05) is 55.3 Å². The van der Waals surface area contributed by atoms with Gasteiger partial charge < -0.3 is 9.64 Å². The highest BCUT2D eigenvalue weighted by atomic mass is 16.5. The standard InChI is InChI=1S/C19H25N3O2/c1-14-8-7-11-21(12-14)19(23)16(3)24-18-15(2)13-22(20-18)17-9-5-4-6-10-17/h4-6,9-10,13-14,16H,7-8,11-12H2,1-3H3/t14-,16+/m0/s1. The molecule has 1 amide bonds. The van der Waals surface area contributed by atoms with Gasteiger partial charge in [-0.3, -0.25) is 4.79 Å². The predicted octanol–water partition coefficient (Wildman–Crippen LogP) is 3.21. The molecule has 1 aromatic carbocycles. The third-order valence-electron chi connectivity index (χ3n) is 4.48. The maximum absolute atomic E-state index is 12.6. The zero-order chi connectivity index (χ0) is 17.1. The van der Waals surface area contributed by atoms with Crippen molar-refractivity contribution in [2.45, 2.75) is 39.7 Å². The molecule has 5 heteroatoms. The smallest absolute Gasteiger partial charge is 0.263 e. The number of carbonyl (C=O) groups excluding carboxylic acids is 1. The van der Waals surface area contributed by atoms with Crippen LogP contribution in [0.5, 0.6) is 5.88 Å². The number of hydrogen-bond acceptors (Lipinski definition) is 3. The second-order valence-electron chi connectivity index (χ2n) is 6.69. The van der Waals surface area contributed by atoms with Crippen molar-refractivity contribution in [3.05, 3.63) is 42.1 Å². The van der Waals surface area contributed by atoms with E-state index < -0.39 is 6.10 Å². The van der Waals surface area contributed by atoms with Gasteiger partial charge in [-0.25, -0.2) is 4.68 Å². The minimum atomic E-state index is -0.520.